The molecule has 10 nitrogen and oxygen atoms in total. The first-order chi connectivity index (χ1) is 13.8. The molecule has 0 atom stereocenters. The van der Waals surface area contributed by atoms with Crippen molar-refractivity contribution in [3.8, 4) is 11.9 Å². The summed E-state index contributed by atoms with van der Waals surface area (Å²) in [5.74, 6) is -0.0486. The van der Waals surface area contributed by atoms with Crippen LogP contribution in [0.25, 0.3) is 0 Å². The molecule has 2 aromatic rings. The molecule has 1 aromatic heterocycles. The van der Waals surface area contributed by atoms with Crippen molar-refractivity contribution >= 4 is 44.8 Å². The van der Waals surface area contributed by atoms with Crippen molar-refractivity contribution in [3.05, 3.63) is 30.3 Å². The summed E-state index contributed by atoms with van der Waals surface area (Å²) in [7, 11) is -1.17. The molecule has 2 rings (SSSR count). The van der Waals surface area contributed by atoms with Crippen LogP contribution in [0.3, 0.4) is 0 Å². The first kappa shape index (κ1) is 22.3. The lowest BCUT2D eigenvalue weighted by atomic mass is 10.3. The molecule has 0 radical (unpaired) electrons. The molecule has 29 heavy (non-hydrogen) atoms. The predicted molar refractivity (Wildman–Crippen MR) is 112 cm³/mol. The topological polar surface area (TPSA) is 132 Å². The molecule has 0 aliphatic carbocycles. The van der Waals surface area contributed by atoms with Gasteiger partial charge in [0.05, 0.1) is 19.1 Å². The Kier molecular flexibility index (Phi) is 7.67. The van der Waals surface area contributed by atoms with Crippen molar-refractivity contribution in [1.29, 1.82) is 0 Å². The molecule has 156 valence electrons. The molecule has 1 amide bonds. The number of nitrogens with one attached hydrogen (secondary N) is 3. The lowest BCUT2D eigenvalue weighted by Gasteiger charge is -2.11. The van der Waals surface area contributed by atoms with Gasteiger partial charge in [-0.1, -0.05) is 6.92 Å². The van der Waals surface area contributed by atoms with Crippen LogP contribution in [-0.4, -0.2) is 43.6 Å². The highest BCUT2D eigenvalue weighted by molar-refractivity contribution is 7.92. The molecule has 0 bridgehead atoms. The molecule has 0 unspecified atom stereocenters. The van der Waals surface area contributed by atoms with Crippen LogP contribution in [0.4, 0.5) is 11.5 Å². The van der Waals surface area contributed by atoms with E-state index in [1.54, 1.807) is 0 Å². The third kappa shape index (κ3) is 6.54. The summed E-state index contributed by atoms with van der Waals surface area (Å²) in [4.78, 5) is 19.4. The fraction of sp³-hybridized carbons (Fsp3) is 0.294. The van der Waals surface area contributed by atoms with Crippen LogP contribution in [-0.2, 0) is 14.8 Å². The predicted octanol–water partition coefficient (Wildman–Crippen LogP) is 1.91. The largest absolute Gasteiger partial charge is 0.481 e. The summed E-state index contributed by atoms with van der Waals surface area (Å²) in [6.45, 7) is 1.89. The van der Waals surface area contributed by atoms with Gasteiger partial charge in [-0.25, -0.2) is 8.42 Å². The molecule has 0 aliphatic heterocycles. The Hall–Kier alpha value is -2.99. The molecule has 12 heteroatoms. The first-order valence-corrected chi connectivity index (χ1v) is 10.4. The highest BCUT2D eigenvalue weighted by Crippen LogP contribution is 2.21. The van der Waals surface area contributed by atoms with Crippen LogP contribution in [0.5, 0.6) is 11.9 Å². The van der Waals surface area contributed by atoms with Gasteiger partial charge in [-0.15, -0.1) is 0 Å². The van der Waals surface area contributed by atoms with Gasteiger partial charge in [-0.3, -0.25) is 9.52 Å². The van der Waals surface area contributed by atoms with Crippen LogP contribution >= 0.6 is 12.2 Å². The van der Waals surface area contributed by atoms with Crippen molar-refractivity contribution < 1.29 is 22.7 Å². The van der Waals surface area contributed by atoms with Gasteiger partial charge in [-0.05, 0) is 42.9 Å². The molecular formula is C17H21N5O5S2. The maximum absolute atomic E-state index is 12.6. The van der Waals surface area contributed by atoms with Gasteiger partial charge in [0.25, 0.3) is 10.0 Å². The average molecular weight is 440 g/mol. The second-order valence-corrected chi connectivity index (χ2v) is 7.76. The molecule has 0 saturated heterocycles. The summed E-state index contributed by atoms with van der Waals surface area (Å²) in [6.07, 6.45) is 1.07. The smallest absolute Gasteiger partial charge is 0.321 e. The van der Waals surface area contributed by atoms with E-state index in [-0.39, 0.29) is 33.6 Å². The highest BCUT2D eigenvalue weighted by Gasteiger charge is 2.17. The Bertz CT molecular complexity index is 958. The molecule has 0 fully saturated rings. The Balaban J connectivity index is 2.10. The minimum atomic E-state index is -3.92. The van der Waals surface area contributed by atoms with Gasteiger partial charge < -0.3 is 20.1 Å². The number of amides is 1. The Morgan fingerprint density at radius 1 is 1.14 bits per heavy atom. The fourth-order valence-electron chi connectivity index (χ4n) is 2.14. The monoisotopic (exact) mass is 439 g/mol. The minimum absolute atomic E-state index is 0.000493. The Morgan fingerprint density at radius 3 is 2.41 bits per heavy atom. The van der Waals surface area contributed by atoms with Crippen molar-refractivity contribution in [3.63, 3.8) is 0 Å². The number of hydrogen-bond acceptors (Lipinski definition) is 8. The van der Waals surface area contributed by atoms with E-state index in [1.165, 1.54) is 44.6 Å². The summed E-state index contributed by atoms with van der Waals surface area (Å²) in [5.41, 5.74) is 0.524. The molecule has 0 spiro atoms. The molecular weight excluding hydrogens is 418 g/mol. The number of sulfonamides is 1. The highest BCUT2D eigenvalue weighted by atomic mass is 32.2. The molecule has 3 N–H and O–H groups in total. The van der Waals surface area contributed by atoms with Crippen molar-refractivity contribution in [2.24, 2.45) is 0 Å². The van der Waals surface area contributed by atoms with E-state index in [9.17, 15) is 13.2 Å². The second kappa shape index (κ2) is 9.98. The maximum Gasteiger partial charge on any atom is 0.321 e. The number of carbonyl (C=O) groups excluding carboxylic acids is 1. The van der Waals surface area contributed by atoms with E-state index in [0.29, 0.717) is 18.5 Å². The first-order valence-electron chi connectivity index (χ1n) is 8.48. The molecule has 0 aliphatic rings. The van der Waals surface area contributed by atoms with Gasteiger partial charge in [-0.2, -0.15) is 9.97 Å². The minimum Gasteiger partial charge on any atom is -0.481 e. The number of thiocarbonyl (C=S) groups is 1. The Morgan fingerprint density at radius 2 is 1.83 bits per heavy atom. The molecule has 1 heterocycles. The number of rotatable bonds is 8. The summed E-state index contributed by atoms with van der Waals surface area (Å²) < 4.78 is 37.5. The third-order valence-corrected chi connectivity index (χ3v) is 5.04. The van der Waals surface area contributed by atoms with E-state index in [2.05, 4.69) is 25.3 Å². The fourth-order valence-corrected chi connectivity index (χ4v) is 3.37. The molecule has 1 aromatic carbocycles. The maximum atomic E-state index is 12.6. The number of methoxy groups -OCH3 is 2. The number of ether oxygens (including phenoxy) is 2. The third-order valence-electron chi connectivity index (χ3n) is 3.47. The van der Waals surface area contributed by atoms with Crippen LogP contribution in [0.1, 0.15) is 19.8 Å². The average Bonchev–Trinajstić information content (AvgIpc) is 2.67. The summed E-state index contributed by atoms with van der Waals surface area (Å²) in [6, 6.07) is 7.10. The lowest BCUT2D eigenvalue weighted by Crippen LogP contribution is -2.33. The van der Waals surface area contributed by atoms with Gasteiger partial charge in [0, 0.05) is 18.2 Å². The van der Waals surface area contributed by atoms with E-state index in [4.69, 9.17) is 21.7 Å². The van der Waals surface area contributed by atoms with E-state index >= 15 is 0 Å². The quantitative estimate of drug-likeness (QED) is 0.528. The number of aromatic nitrogens is 2. The second-order valence-electron chi connectivity index (χ2n) is 5.66. The number of benzene rings is 1. The van der Waals surface area contributed by atoms with Crippen LogP contribution in [0.15, 0.2) is 35.2 Å². The zero-order valence-electron chi connectivity index (χ0n) is 16.1. The van der Waals surface area contributed by atoms with Crippen LogP contribution in [0.2, 0.25) is 0 Å². The van der Waals surface area contributed by atoms with Crippen molar-refractivity contribution in [2.45, 2.75) is 24.7 Å². The number of nitrogens with zero attached hydrogens (tertiary/aromatic N) is 2. The zero-order valence-corrected chi connectivity index (χ0v) is 17.7. The normalized spacial score (nSPS) is 10.7. The van der Waals surface area contributed by atoms with E-state index in [1.807, 2.05) is 6.92 Å². The SMILES string of the molecule is CCCC(=O)NC(=S)Nc1ccc(S(=O)(=O)Nc2cc(OC)nc(OC)n2)cc1. The van der Waals surface area contributed by atoms with Gasteiger partial charge >= 0.3 is 6.01 Å². The zero-order chi connectivity index (χ0) is 21.4. The van der Waals surface area contributed by atoms with Gasteiger partial charge in [0.15, 0.2) is 10.9 Å². The molecule has 0 saturated carbocycles. The van der Waals surface area contributed by atoms with Crippen LogP contribution in [0, 0.1) is 0 Å². The van der Waals surface area contributed by atoms with E-state index < -0.39 is 10.0 Å². The summed E-state index contributed by atoms with van der Waals surface area (Å²) in [5, 5.41) is 5.50. The number of carbonyl (C=O) groups is 1. The van der Waals surface area contributed by atoms with E-state index in [0.717, 1.165) is 0 Å². The van der Waals surface area contributed by atoms with Crippen molar-refractivity contribution in [2.75, 3.05) is 24.3 Å². The summed E-state index contributed by atoms with van der Waals surface area (Å²) >= 11 is 5.06. The van der Waals surface area contributed by atoms with Gasteiger partial charge in [0.1, 0.15) is 0 Å². The Labute approximate surface area is 174 Å². The van der Waals surface area contributed by atoms with Crippen LogP contribution < -0.4 is 24.8 Å². The van der Waals surface area contributed by atoms with Gasteiger partial charge in [0.2, 0.25) is 11.8 Å². The van der Waals surface area contributed by atoms with Crippen molar-refractivity contribution in [1.82, 2.24) is 15.3 Å². The number of anilines is 2. The number of hydrogen-bond donors (Lipinski definition) is 3. The lowest BCUT2D eigenvalue weighted by molar-refractivity contribution is -0.119. The standard InChI is InChI=1S/C17H21N5O5S2/c1-4-5-14(23)20-17(28)18-11-6-8-12(9-7-11)29(24,25)22-13-10-15(26-2)21-16(19-13)27-3/h6-10H,4-5H2,1-3H3,(H,19,21,22)(H2,18,20,23,28).